The Morgan fingerprint density at radius 3 is 2.91 bits per heavy atom. The van der Waals surface area contributed by atoms with Crippen molar-refractivity contribution in [2.45, 2.75) is 19.8 Å². The van der Waals surface area contributed by atoms with Gasteiger partial charge in [0.15, 0.2) is 0 Å². The van der Waals surface area contributed by atoms with Crippen LogP contribution in [0.4, 0.5) is 0 Å². The van der Waals surface area contributed by atoms with Gasteiger partial charge in [-0.3, -0.25) is 4.79 Å². The quantitative estimate of drug-likeness (QED) is 0.694. The molecule has 64 valence electrons. The smallest absolute Gasteiger partial charge is 0.306 e. The van der Waals surface area contributed by atoms with Crippen LogP contribution in [0.1, 0.15) is 19.8 Å². The van der Waals surface area contributed by atoms with Crippen LogP contribution >= 0.6 is 11.8 Å². The first-order valence-electron chi connectivity index (χ1n) is 4.02. The van der Waals surface area contributed by atoms with E-state index in [-0.39, 0.29) is 5.92 Å². The Balaban J connectivity index is 2.38. The van der Waals surface area contributed by atoms with Crippen molar-refractivity contribution >= 4 is 17.7 Å². The summed E-state index contributed by atoms with van der Waals surface area (Å²) in [5.41, 5.74) is 0. The summed E-state index contributed by atoms with van der Waals surface area (Å²) >= 11 is 1.89. The molecule has 1 unspecified atom stereocenters. The van der Waals surface area contributed by atoms with E-state index in [1.165, 1.54) is 12.2 Å². The molecular formula is C8H14O2S. The van der Waals surface area contributed by atoms with E-state index in [1.807, 2.05) is 18.7 Å². The normalized spacial score (nSPS) is 27.9. The summed E-state index contributed by atoms with van der Waals surface area (Å²) in [7, 11) is 0. The van der Waals surface area contributed by atoms with Crippen LogP contribution in [-0.4, -0.2) is 22.6 Å². The first-order valence-corrected chi connectivity index (χ1v) is 5.18. The number of carbonyl (C=O) groups is 1. The molecule has 1 saturated heterocycles. The zero-order valence-electron chi connectivity index (χ0n) is 6.75. The molecule has 1 fully saturated rings. The lowest BCUT2D eigenvalue weighted by Gasteiger charge is -2.24. The van der Waals surface area contributed by atoms with E-state index in [1.54, 1.807) is 0 Å². The Hall–Kier alpha value is -0.180. The van der Waals surface area contributed by atoms with Crippen LogP contribution < -0.4 is 0 Å². The van der Waals surface area contributed by atoms with E-state index in [9.17, 15) is 4.79 Å². The molecule has 0 bridgehead atoms. The van der Waals surface area contributed by atoms with E-state index in [0.717, 1.165) is 12.2 Å². The molecule has 2 atom stereocenters. The maximum absolute atomic E-state index is 10.6. The van der Waals surface area contributed by atoms with Crippen LogP contribution in [-0.2, 0) is 4.79 Å². The summed E-state index contributed by atoms with van der Waals surface area (Å²) in [6.45, 7) is 1.82. The number of rotatable bonds is 2. The molecule has 0 saturated carbocycles. The van der Waals surface area contributed by atoms with Gasteiger partial charge in [-0.15, -0.1) is 0 Å². The van der Waals surface area contributed by atoms with Crippen LogP contribution in [0, 0.1) is 11.8 Å². The molecular weight excluding hydrogens is 160 g/mol. The van der Waals surface area contributed by atoms with Gasteiger partial charge in [-0.25, -0.2) is 0 Å². The molecule has 1 heterocycles. The van der Waals surface area contributed by atoms with Crippen molar-refractivity contribution in [1.29, 1.82) is 0 Å². The van der Waals surface area contributed by atoms with Crippen LogP contribution in [0.2, 0.25) is 0 Å². The lowest BCUT2D eigenvalue weighted by atomic mass is 9.91. The molecule has 0 amide bonds. The molecule has 0 aromatic rings. The summed E-state index contributed by atoms with van der Waals surface area (Å²) < 4.78 is 0. The fourth-order valence-electron chi connectivity index (χ4n) is 1.36. The number of carboxylic acid groups (broad SMARTS) is 1. The second-order valence-corrected chi connectivity index (χ2v) is 4.25. The number of hydrogen-bond acceptors (Lipinski definition) is 2. The van der Waals surface area contributed by atoms with E-state index in [2.05, 4.69) is 0 Å². The summed E-state index contributed by atoms with van der Waals surface area (Å²) in [6, 6.07) is 0. The summed E-state index contributed by atoms with van der Waals surface area (Å²) in [6.07, 6.45) is 2.29. The maximum atomic E-state index is 10.6. The maximum Gasteiger partial charge on any atom is 0.306 e. The van der Waals surface area contributed by atoms with Crippen LogP contribution in [0.5, 0.6) is 0 Å². The predicted molar refractivity (Wildman–Crippen MR) is 46.8 cm³/mol. The molecule has 1 aliphatic rings. The van der Waals surface area contributed by atoms with E-state index < -0.39 is 5.97 Å². The number of carboxylic acids is 1. The van der Waals surface area contributed by atoms with Crippen molar-refractivity contribution in [2.24, 2.45) is 11.8 Å². The predicted octanol–water partition coefficient (Wildman–Crippen LogP) is 1.85. The molecule has 0 aromatic carbocycles. The Morgan fingerprint density at radius 1 is 1.73 bits per heavy atom. The molecule has 0 aliphatic carbocycles. The summed E-state index contributed by atoms with van der Waals surface area (Å²) in [5, 5.41) is 8.72. The molecule has 0 aromatic heterocycles. The molecule has 1 aliphatic heterocycles. The van der Waals surface area contributed by atoms with Gasteiger partial charge in [0.2, 0.25) is 0 Å². The van der Waals surface area contributed by atoms with Crippen molar-refractivity contribution in [3.8, 4) is 0 Å². The van der Waals surface area contributed by atoms with Gasteiger partial charge in [0.1, 0.15) is 0 Å². The Bertz CT molecular complexity index is 141. The van der Waals surface area contributed by atoms with Gasteiger partial charge >= 0.3 is 5.97 Å². The molecule has 1 N–H and O–H groups in total. The second kappa shape index (κ2) is 4.00. The first kappa shape index (κ1) is 8.91. The Kier molecular flexibility index (Phi) is 3.24. The highest BCUT2D eigenvalue weighted by atomic mass is 32.2. The second-order valence-electron chi connectivity index (χ2n) is 3.10. The highest BCUT2D eigenvalue weighted by Gasteiger charge is 2.24. The zero-order chi connectivity index (χ0) is 8.27. The fraction of sp³-hybridized carbons (Fsp3) is 0.875. The lowest BCUT2D eigenvalue weighted by Crippen LogP contribution is -2.24. The van der Waals surface area contributed by atoms with Crippen molar-refractivity contribution < 1.29 is 9.90 Å². The summed E-state index contributed by atoms with van der Waals surface area (Å²) in [5.74, 6) is 1.86. The standard InChI is InChI=1S/C8H14O2S/c1-6(8(9)10)7-3-2-4-11-5-7/h6-7H,2-5H2,1H3,(H,9,10)/t6-,7?/m1/s1. The third-order valence-corrected chi connectivity index (χ3v) is 3.53. The van der Waals surface area contributed by atoms with Gasteiger partial charge in [0, 0.05) is 0 Å². The van der Waals surface area contributed by atoms with Crippen molar-refractivity contribution in [3.05, 3.63) is 0 Å². The van der Waals surface area contributed by atoms with Gasteiger partial charge < -0.3 is 5.11 Å². The van der Waals surface area contributed by atoms with Gasteiger partial charge in [0.25, 0.3) is 0 Å². The summed E-state index contributed by atoms with van der Waals surface area (Å²) in [4.78, 5) is 10.6. The highest BCUT2D eigenvalue weighted by molar-refractivity contribution is 7.99. The van der Waals surface area contributed by atoms with E-state index in [0.29, 0.717) is 5.92 Å². The van der Waals surface area contributed by atoms with Crippen LogP contribution in [0.3, 0.4) is 0 Å². The molecule has 11 heavy (non-hydrogen) atoms. The minimum absolute atomic E-state index is 0.150. The van der Waals surface area contributed by atoms with Gasteiger partial charge in [-0.05, 0) is 30.3 Å². The first-order chi connectivity index (χ1) is 5.22. The van der Waals surface area contributed by atoms with Gasteiger partial charge in [-0.1, -0.05) is 6.92 Å². The average molecular weight is 174 g/mol. The largest absolute Gasteiger partial charge is 0.481 e. The van der Waals surface area contributed by atoms with E-state index in [4.69, 9.17) is 5.11 Å². The molecule has 2 nitrogen and oxygen atoms in total. The van der Waals surface area contributed by atoms with Gasteiger partial charge in [0.05, 0.1) is 5.92 Å². The van der Waals surface area contributed by atoms with Crippen molar-refractivity contribution in [2.75, 3.05) is 11.5 Å². The highest BCUT2D eigenvalue weighted by Crippen LogP contribution is 2.28. The monoisotopic (exact) mass is 174 g/mol. The molecule has 0 spiro atoms. The number of thioether (sulfide) groups is 1. The van der Waals surface area contributed by atoms with Crippen LogP contribution in [0.25, 0.3) is 0 Å². The SMILES string of the molecule is C[C@@H](C(=O)O)C1CCCSC1. The fourth-order valence-corrected chi connectivity index (χ4v) is 2.66. The third kappa shape index (κ3) is 2.40. The molecule has 1 rings (SSSR count). The average Bonchev–Trinajstić information content (AvgIpc) is 2.05. The Morgan fingerprint density at radius 2 is 2.45 bits per heavy atom. The minimum atomic E-state index is -0.641. The van der Waals surface area contributed by atoms with Crippen molar-refractivity contribution in [3.63, 3.8) is 0 Å². The number of hydrogen-bond donors (Lipinski definition) is 1. The third-order valence-electron chi connectivity index (χ3n) is 2.29. The van der Waals surface area contributed by atoms with Crippen molar-refractivity contribution in [1.82, 2.24) is 0 Å². The lowest BCUT2D eigenvalue weighted by molar-refractivity contribution is -0.142. The zero-order valence-corrected chi connectivity index (χ0v) is 7.56. The van der Waals surface area contributed by atoms with Gasteiger partial charge in [-0.2, -0.15) is 11.8 Å². The topological polar surface area (TPSA) is 37.3 Å². The molecule has 0 radical (unpaired) electrons. The van der Waals surface area contributed by atoms with Crippen LogP contribution in [0.15, 0.2) is 0 Å². The Labute approximate surface area is 71.4 Å². The number of aliphatic carboxylic acids is 1. The minimum Gasteiger partial charge on any atom is -0.481 e. The molecule has 3 heteroatoms. The van der Waals surface area contributed by atoms with E-state index >= 15 is 0 Å².